The van der Waals surface area contributed by atoms with E-state index in [2.05, 4.69) is 20.9 Å². The number of aliphatic hydroxyl groups is 1. The van der Waals surface area contributed by atoms with E-state index < -0.39 is 17.7 Å². The first kappa shape index (κ1) is 23.8. The molecule has 1 aliphatic heterocycles. The minimum Gasteiger partial charge on any atom is -0.507 e. The van der Waals surface area contributed by atoms with Crippen LogP contribution in [0.3, 0.4) is 0 Å². The zero-order chi connectivity index (χ0) is 24.1. The minimum absolute atomic E-state index is 0.0857. The predicted octanol–water partition coefficient (Wildman–Crippen LogP) is 4.95. The Morgan fingerprint density at radius 3 is 2.65 bits per heavy atom. The van der Waals surface area contributed by atoms with E-state index in [1.807, 2.05) is 42.0 Å². The van der Waals surface area contributed by atoms with Crippen LogP contribution in [0.2, 0.25) is 0 Å². The Morgan fingerprint density at radius 1 is 1.15 bits per heavy atom. The van der Waals surface area contributed by atoms with E-state index in [0.29, 0.717) is 43.0 Å². The number of ketones is 1. The Hall–Kier alpha value is -3.39. The number of amides is 1. The van der Waals surface area contributed by atoms with Gasteiger partial charge in [-0.3, -0.25) is 9.59 Å². The lowest BCUT2D eigenvalue weighted by Crippen LogP contribution is -2.31. The number of hydrogen-bond donors (Lipinski definition) is 1. The van der Waals surface area contributed by atoms with Crippen LogP contribution in [0.1, 0.15) is 36.9 Å². The second-order valence-corrected chi connectivity index (χ2v) is 8.99. The molecule has 3 aromatic rings. The molecule has 7 nitrogen and oxygen atoms in total. The Morgan fingerprint density at radius 2 is 1.94 bits per heavy atom. The Balaban J connectivity index is 1.73. The zero-order valence-electron chi connectivity index (χ0n) is 18.9. The van der Waals surface area contributed by atoms with Crippen molar-refractivity contribution in [1.29, 1.82) is 0 Å². The number of aryl methyl sites for hydroxylation is 1. The van der Waals surface area contributed by atoms with Gasteiger partial charge in [0.05, 0.1) is 24.5 Å². The summed E-state index contributed by atoms with van der Waals surface area (Å²) in [6, 6.07) is 13.7. The Kier molecular flexibility index (Phi) is 7.47. The number of carbonyl (C=O) groups excluding carboxylic acids is 2. The first-order valence-electron chi connectivity index (χ1n) is 11.2. The summed E-state index contributed by atoms with van der Waals surface area (Å²) >= 11 is 3.38. The van der Waals surface area contributed by atoms with Crippen molar-refractivity contribution in [3.8, 4) is 5.75 Å². The minimum atomic E-state index is -0.711. The highest BCUT2D eigenvalue weighted by Gasteiger charge is 2.45. The number of hydrogen-bond acceptors (Lipinski definition) is 5. The molecule has 1 aliphatic rings. The lowest BCUT2D eigenvalue weighted by Gasteiger charge is -2.26. The molecule has 0 radical (unpaired) electrons. The molecule has 34 heavy (non-hydrogen) atoms. The Labute approximate surface area is 206 Å². The highest BCUT2D eigenvalue weighted by atomic mass is 79.9. The number of aliphatic hydroxyl groups excluding tert-OH is 1. The summed E-state index contributed by atoms with van der Waals surface area (Å²) in [4.78, 5) is 31.9. The van der Waals surface area contributed by atoms with Crippen molar-refractivity contribution >= 4 is 33.4 Å². The van der Waals surface area contributed by atoms with Gasteiger partial charge in [-0.1, -0.05) is 47.1 Å². The zero-order valence-corrected chi connectivity index (χ0v) is 20.4. The lowest BCUT2D eigenvalue weighted by atomic mass is 9.95. The molecule has 0 aliphatic carbocycles. The van der Waals surface area contributed by atoms with Crippen molar-refractivity contribution in [2.45, 2.75) is 32.4 Å². The molecule has 176 valence electrons. The topological polar surface area (TPSA) is 84.7 Å². The van der Waals surface area contributed by atoms with Crippen LogP contribution >= 0.6 is 15.9 Å². The summed E-state index contributed by atoms with van der Waals surface area (Å²) in [5.41, 5.74) is 1.28. The molecule has 1 atom stereocenters. The van der Waals surface area contributed by atoms with Crippen LogP contribution in [-0.4, -0.2) is 44.4 Å². The number of Topliss-reactive ketones (excluding diaryl/α,β-unsaturated/α-hetero) is 1. The van der Waals surface area contributed by atoms with Gasteiger partial charge in [0.15, 0.2) is 0 Å². The van der Waals surface area contributed by atoms with Gasteiger partial charge < -0.3 is 19.3 Å². The van der Waals surface area contributed by atoms with Gasteiger partial charge in [-0.25, -0.2) is 4.98 Å². The van der Waals surface area contributed by atoms with Crippen LogP contribution in [0.5, 0.6) is 5.75 Å². The van der Waals surface area contributed by atoms with Gasteiger partial charge in [-0.05, 0) is 42.7 Å². The van der Waals surface area contributed by atoms with Gasteiger partial charge in [-0.2, -0.15) is 0 Å². The van der Waals surface area contributed by atoms with E-state index in [-0.39, 0.29) is 11.3 Å². The molecule has 8 heteroatoms. The highest BCUT2D eigenvalue weighted by molar-refractivity contribution is 9.10. The van der Waals surface area contributed by atoms with Gasteiger partial charge >= 0.3 is 0 Å². The summed E-state index contributed by atoms with van der Waals surface area (Å²) in [7, 11) is 0. The third kappa shape index (κ3) is 5.07. The summed E-state index contributed by atoms with van der Waals surface area (Å²) in [6.07, 6.45) is 6.76. The third-order valence-corrected chi connectivity index (χ3v) is 6.21. The molecule has 1 amide bonds. The number of benzene rings is 2. The molecular formula is C26H26BrN3O4. The average Bonchev–Trinajstić information content (AvgIpc) is 3.45. The molecule has 0 spiro atoms. The largest absolute Gasteiger partial charge is 0.507 e. The van der Waals surface area contributed by atoms with Gasteiger partial charge in [0.2, 0.25) is 0 Å². The number of halogens is 1. The first-order valence-corrected chi connectivity index (χ1v) is 12.0. The molecule has 1 saturated heterocycles. The van der Waals surface area contributed by atoms with Crippen LogP contribution in [-0.2, 0) is 16.1 Å². The second-order valence-electron chi connectivity index (χ2n) is 8.07. The molecule has 0 unspecified atom stereocenters. The first-order chi connectivity index (χ1) is 16.5. The summed E-state index contributed by atoms with van der Waals surface area (Å²) in [5.74, 6) is -0.832. The SMILES string of the molecule is CCCOc1cccc([C@@H]2C(=C(O)c3ccc(Br)cc3)C(=O)C(=O)N2CCCn2ccnc2)c1. The lowest BCUT2D eigenvalue weighted by molar-refractivity contribution is -0.139. The van der Waals surface area contributed by atoms with Gasteiger partial charge in [-0.15, -0.1) is 0 Å². The number of imidazole rings is 1. The maximum atomic E-state index is 13.2. The van der Waals surface area contributed by atoms with E-state index in [0.717, 1.165) is 10.9 Å². The van der Waals surface area contributed by atoms with E-state index in [9.17, 15) is 14.7 Å². The quantitative estimate of drug-likeness (QED) is 0.243. The summed E-state index contributed by atoms with van der Waals surface area (Å²) in [5, 5.41) is 11.2. The fraction of sp³-hybridized carbons (Fsp3) is 0.269. The maximum Gasteiger partial charge on any atom is 0.295 e. The van der Waals surface area contributed by atoms with Crippen LogP contribution in [0.25, 0.3) is 5.76 Å². The maximum absolute atomic E-state index is 13.2. The molecule has 4 rings (SSSR count). The number of ether oxygens (including phenoxy) is 1. The van der Waals surface area contributed by atoms with Gasteiger partial charge in [0.25, 0.3) is 11.7 Å². The highest BCUT2D eigenvalue weighted by Crippen LogP contribution is 2.40. The summed E-state index contributed by atoms with van der Waals surface area (Å²) in [6.45, 7) is 3.59. The normalized spacial score (nSPS) is 17.4. The predicted molar refractivity (Wildman–Crippen MR) is 132 cm³/mol. The Bertz CT molecular complexity index is 1190. The second kappa shape index (κ2) is 10.7. The average molecular weight is 524 g/mol. The number of likely N-dealkylation sites (tertiary alicyclic amines) is 1. The molecule has 1 aromatic heterocycles. The fourth-order valence-electron chi connectivity index (χ4n) is 4.06. The number of nitrogens with zero attached hydrogens (tertiary/aromatic N) is 3. The smallest absolute Gasteiger partial charge is 0.295 e. The molecule has 2 aromatic carbocycles. The van der Waals surface area contributed by atoms with Crippen molar-refractivity contribution in [2.24, 2.45) is 0 Å². The van der Waals surface area contributed by atoms with Crippen LogP contribution in [0.4, 0.5) is 0 Å². The molecule has 1 fully saturated rings. The van der Waals surface area contributed by atoms with Gasteiger partial charge in [0.1, 0.15) is 11.5 Å². The van der Waals surface area contributed by atoms with Gasteiger partial charge in [0, 0.05) is 35.5 Å². The van der Waals surface area contributed by atoms with Crippen LogP contribution < -0.4 is 4.74 Å². The monoisotopic (exact) mass is 523 g/mol. The van der Waals surface area contributed by atoms with Crippen molar-refractivity contribution in [3.05, 3.63) is 88.4 Å². The number of aromatic nitrogens is 2. The van der Waals surface area contributed by atoms with Crippen molar-refractivity contribution in [2.75, 3.05) is 13.2 Å². The number of rotatable bonds is 9. The summed E-state index contributed by atoms with van der Waals surface area (Å²) < 4.78 is 8.56. The molecule has 0 bridgehead atoms. The molecule has 1 N–H and O–H groups in total. The van der Waals surface area contributed by atoms with Crippen molar-refractivity contribution in [1.82, 2.24) is 14.5 Å². The van der Waals surface area contributed by atoms with Crippen LogP contribution in [0, 0.1) is 0 Å². The van der Waals surface area contributed by atoms with Crippen LogP contribution in [0.15, 0.2) is 77.3 Å². The van der Waals surface area contributed by atoms with Crippen molar-refractivity contribution in [3.63, 3.8) is 0 Å². The molecular weight excluding hydrogens is 498 g/mol. The van der Waals surface area contributed by atoms with E-state index in [1.165, 1.54) is 0 Å². The fourth-order valence-corrected chi connectivity index (χ4v) is 4.32. The standard InChI is InChI=1S/C26H26BrN3O4/c1-2-15-34-21-6-3-5-19(16-21)23-22(24(31)18-7-9-20(27)10-8-18)25(32)26(33)30(23)13-4-12-29-14-11-28-17-29/h3,5-11,14,16-17,23,31H,2,4,12-13,15H2,1H3/t23-/m1/s1. The van der Waals surface area contributed by atoms with E-state index in [4.69, 9.17) is 4.74 Å². The third-order valence-electron chi connectivity index (χ3n) is 5.68. The molecule has 0 saturated carbocycles. The molecule has 2 heterocycles. The number of carbonyl (C=O) groups is 2. The van der Waals surface area contributed by atoms with E-state index >= 15 is 0 Å². The van der Waals surface area contributed by atoms with Crippen molar-refractivity contribution < 1.29 is 19.4 Å². The van der Waals surface area contributed by atoms with E-state index in [1.54, 1.807) is 41.7 Å².